The highest BCUT2D eigenvalue weighted by Gasteiger charge is 2.19. The molecule has 0 aliphatic rings. The fourth-order valence-corrected chi connectivity index (χ4v) is 3.97. The van der Waals surface area contributed by atoms with Gasteiger partial charge in [-0.15, -0.1) is 11.3 Å². The Morgan fingerprint density at radius 3 is 2.74 bits per heavy atom. The molecular formula is C17H10N8S2. The second-order valence-electron chi connectivity index (χ2n) is 5.44. The fraction of sp³-hybridized carbons (Fsp3) is 0. The molecule has 0 aliphatic heterocycles. The maximum Gasteiger partial charge on any atom is 0.162 e. The van der Waals surface area contributed by atoms with E-state index in [1.807, 2.05) is 23.6 Å². The monoisotopic (exact) mass is 390 g/mol. The Morgan fingerprint density at radius 2 is 1.89 bits per heavy atom. The van der Waals surface area contributed by atoms with Crippen molar-refractivity contribution in [1.82, 2.24) is 39.7 Å². The Labute approximate surface area is 161 Å². The summed E-state index contributed by atoms with van der Waals surface area (Å²) in [7, 11) is 0. The smallest absolute Gasteiger partial charge is 0.162 e. The van der Waals surface area contributed by atoms with Crippen molar-refractivity contribution in [3.63, 3.8) is 0 Å². The highest BCUT2D eigenvalue weighted by atomic mass is 32.1. The summed E-state index contributed by atoms with van der Waals surface area (Å²) in [6.45, 7) is 0. The number of nitrogens with zero attached hydrogens (tertiary/aromatic N) is 7. The Kier molecular flexibility index (Phi) is 3.96. The summed E-state index contributed by atoms with van der Waals surface area (Å²) in [6.07, 6.45) is 5.09. The van der Waals surface area contributed by atoms with Crippen molar-refractivity contribution >= 4 is 22.9 Å². The number of aromatic nitrogens is 8. The van der Waals surface area contributed by atoms with Gasteiger partial charge in [0.25, 0.3) is 0 Å². The van der Waals surface area contributed by atoms with Crippen LogP contribution in [0.25, 0.3) is 44.7 Å². The minimum absolute atomic E-state index is 0.566. The van der Waals surface area contributed by atoms with E-state index in [-0.39, 0.29) is 0 Å². The van der Waals surface area contributed by atoms with Crippen molar-refractivity contribution in [3.8, 4) is 44.7 Å². The molecule has 10 heteroatoms. The molecule has 5 aromatic rings. The number of hydrogen-bond donors (Lipinski definition) is 1. The van der Waals surface area contributed by atoms with Gasteiger partial charge in [0.1, 0.15) is 17.1 Å². The maximum atomic E-state index is 4.65. The second-order valence-corrected chi connectivity index (χ2v) is 6.96. The molecule has 0 fully saturated rings. The zero-order valence-electron chi connectivity index (χ0n) is 13.6. The summed E-state index contributed by atoms with van der Waals surface area (Å²) in [5.74, 6) is 0.566. The molecule has 0 bridgehead atoms. The minimum Gasteiger partial charge on any atom is -0.255 e. The first-order valence-corrected chi connectivity index (χ1v) is 9.61. The standard InChI is InChI=1S/C17H10N8S2/c1-2-10(17-19-6-3-11(22-17)13-8-21-25-23-13)14(18-5-1)16-15(20-9-26-16)12-4-7-27-24-12/h1-9H,(H,21,23,25). The van der Waals surface area contributed by atoms with E-state index >= 15 is 0 Å². The molecule has 0 radical (unpaired) electrons. The van der Waals surface area contributed by atoms with Crippen LogP contribution in [0.4, 0.5) is 0 Å². The topological polar surface area (TPSA) is 106 Å². The van der Waals surface area contributed by atoms with Gasteiger partial charge in [0.2, 0.25) is 0 Å². The normalized spacial score (nSPS) is 11.0. The number of H-pyrrole nitrogens is 1. The van der Waals surface area contributed by atoms with Crippen molar-refractivity contribution in [2.75, 3.05) is 0 Å². The van der Waals surface area contributed by atoms with Gasteiger partial charge in [-0.3, -0.25) is 4.98 Å². The van der Waals surface area contributed by atoms with Gasteiger partial charge in [-0.05, 0) is 35.8 Å². The zero-order chi connectivity index (χ0) is 18.1. The lowest BCUT2D eigenvalue weighted by molar-refractivity contribution is 0.940. The molecule has 0 unspecified atom stereocenters. The fourth-order valence-electron chi connectivity index (χ4n) is 2.65. The number of hydrogen-bond acceptors (Lipinski definition) is 9. The molecule has 1 N–H and O–H groups in total. The summed E-state index contributed by atoms with van der Waals surface area (Å²) in [5, 5.41) is 12.5. The van der Waals surface area contributed by atoms with Gasteiger partial charge in [-0.1, -0.05) is 0 Å². The highest BCUT2D eigenvalue weighted by molar-refractivity contribution is 7.13. The predicted molar refractivity (Wildman–Crippen MR) is 103 cm³/mol. The summed E-state index contributed by atoms with van der Waals surface area (Å²) in [6, 6.07) is 7.57. The number of pyridine rings is 1. The van der Waals surface area contributed by atoms with Crippen LogP contribution in [0.1, 0.15) is 0 Å². The molecular weight excluding hydrogens is 380 g/mol. The first-order chi connectivity index (χ1) is 13.4. The summed E-state index contributed by atoms with van der Waals surface area (Å²) in [5.41, 5.74) is 6.40. The van der Waals surface area contributed by atoms with Gasteiger partial charge in [-0.25, -0.2) is 15.0 Å². The van der Waals surface area contributed by atoms with E-state index in [1.165, 1.54) is 22.9 Å². The van der Waals surface area contributed by atoms with E-state index in [2.05, 4.69) is 39.7 Å². The minimum atomic E-state index is 0.566. The molecule has 0 aromatic carbocycles. The highest BCUT2D eigenvalue weighted by Crippen LogP contribution is 2.37. The van der Waals surface area contributed by atoms with Crippen molar-refractivity contribution < 1.29 is 0 Å². The van der Waals surface area contributed by atoms with Crippen LogP contribution in [0, 0.1) is 0 Å². The molecule has 0 spiro atoms. The average Bonchev–Trinajstić information content (AvgIpc) is 3.50. The quantitative estimate of drug-likeness (QED) is 0.500. The summed E-state index contributed by atoms with van der Waals surface area (Å²) in [4.78, 5) is 19.1. The Morgan fingerprint density at radius 1 is 0.889 bits per heavy atom. The van der Waals surface area contributed by atoms with E-state index in [0.717, 1.165) is 27.5 Å². The number of aromatic amines is 1. The molecule has 5 aromatic heterocycles. The van der Waals surface area contributed by atoms with Crippen LogP contribution in [0.5, 0.6) is 0 Å². The van der Waals surface area contributed by atoms with Gasteiger partial charge < -0.3 is 0 Å². The zero-order valence-corrected chi connectivity index (χ0v) is 15.3. The van der Waals surface area contributed by atoms with Crippen LogP contribution in [-0.4, -0.2) is 39.7 Å². The van der Waals surface area contributed by atoms with Crippen LogP contribution in [-0.2, 0) is 0 Å². The molecule has 0 atom stereocenters. The van der Waals surface area contributed by atoms with E-state index < -0.39 is 0 Å². The molecule has 0 saturated heterocycles. The number of nitrogens with one attached hydrogen (secondary N) is 1. The van der Waals surface area contributed by atoms with Crippen LogP contribution >= 0.6 is 22.9 Å². The molecule has 27 heavy (non-hydrogen) atoms. The van der Waals surface area contributed by atoms with Crippen molar-refractivity contribution in [2.24, 2.45) is 0 Å². The molecule has 5 heterocycles. The average molecular weight is 390 g/mol. The van der Waals surface area contributed by atoms with Crippen LogP contribution < -0.4 is 0 Å². The molecule has 130 valence electrons. The largest absolute Gasteiger partial charge is 0.255 e. The third kappa shape index (κ3) is 2.90. The Bertz CT molecular complexity index is 1180. The molecule has 8 nitrogen and oxygen atoms in total. The second kappa shape index (κ2) is 6.74. The van der Waals surface area contributed by atoms with Crippen molar-refractivity contribution in [3.05, 3.63) is 53.7 Å². The summed E-state index contributed by atoms with van der Waals surface area (Å²) >= 11 is 2.92. The SMILES string of the molecule is c1cnc(-c2scnc2-c2ccsn2)c(-c2nccc(-c3cn[nH]n3)n2)c1. The lowest BCUT2D eigenvalue weighted by atomic mass is 10.1. The lowest BCUT2D eigenvalue weighted by Crippen LogP contribution is -1.95. The number of thiazole rings is 1. The van der Waals surface area contributed by atoms with Gasteiger partial charge in [-0.2, -0.15) is 19.8 Å². The van der Waals surface area contributed by atoms with Gasteiger partial charge in [0.15, 0.2) is 5.82 Å². The van der Waals surface area contributed by atoms with Crippen molar-refractivity contribution in [2.45, 2.75) is 0 Å². The predicted octanol–water partition coefficient (Wildman–Crippen LogP) is 3.57. The first kappa shape index (κ1) is 15.9. The lowest BCUT2D eigenvalue weighted by Gasteiger charge is -2.07. The molecule has 0 aliphatic carbocycles. The van der Waals surface area contributed by atoms with E-state index in [0.29, 0.717) is 17.2 Å². The van der Waals surface area contributed by atoms with E-state index in [4.69, 9.17) is 0 Å². The third-order valence-corrected chi connectivity index (χ3v) is 5.24. The van der Waals surface area contributed by atoms with Gasteiger partial charge >= 0.3 is 0 Å². The van der Waals surface area contributed by atoms with E-state index in [1.54, 1.807) is 30.2 Å². The molecule has 0 saturated carbocycles. The third-order valence-electron chi connectivity index (χ3n) is 3.84. The Balaban J connectivity index is 1.65. The van der Waals surface area contributed by atoms with Crippen LogP contribution in [0.3, 0.4) is 0 Å². The first-order valence-electron chi connectivity index (χ1n) is 7.89. The molecule has 0 amide bonds. The van der Waals surface area contributed by atoms with Gasteiger partial charge in [0.05, 0.1) is 28.0 Å². The van der Waals surface area contributed by atoms with Gasteiger partial charge in [0, 0.05) is 23.3 Å². The Hall–Kier alpha value is -3.37. The summed E-state index contributed by atoms with van der Waals surface area (Å²) < 4.78 is 4.40. The molecule has 5 rings (SSSR count). The van der Waals surface area contributed by atoms with Crippen molar-refractivity contribution in [1.29, 1.82) is 0 Å². The van der Waals surface area contributed by atoms with E-state index in [9.17, 15) is 0 Å². The number of rotatable bonds is 4. The van der Waals surface area contributed by atoms with Crippen LogP contribution in [0.2, 0.25) is 0 Å². The van der Waals surface area contributed by atoms with Crippen LogP contribution in [0.15, 0.2) is 53.7 Å². The maximum absolute atomic E-state index is 4.65.